The Balaban J connectivity index is 1.36. The molecule has 9 rings (SSSR count). The van der Waals surface area contributed by atoms with Crippen LogP contribution in [0, 0.1) is 5.82 Å². The maximum absolute atomic E-state index is 15.4. The summed E-state index contributed by atoms with van der Waals surface area (Å²) in [7, 11) is 0. The first-order chi connectivity index (χ1) is 23.2. The van der Waals surface area contributed by atoms with E-state index in [1.165, 1.54) is 6.07 Å². The second kappa shape index (κ2) is 10.9. The number of para-hydroxylation sites is 2. The van der Waals surface area contributed by atoms with Gasteiger partial charge in [0.2, 0.25) is 0 Å². The fourth-order valence-electron chi connectivity index (χ4n) is 6.43. The predicted octanol–water partition coefficient (Wildman–Crippen LogP) is 9.65. The molecule has 3 aromatic heterocycles. The molecule has 0 radical (unpaired) electrons. The second-order valence-electron chi connectivity index (χ2n) is 11.4. The van der Waals surface area contributed by atoms with Gasteiger partial charge in [-0.2, -0.15) is 0 Å². The molecule has 0 bridgehead atoms. The summed E-state index contributed by atoms with van der Waals surface area (Å²) in [4.78, 5) is 22.7. The van der Waals surface area contributed by atoms with Crippen LogP contribution in [0.1, 0.15) is 0 Å². The van der Waals surface area contributed by atoms with Gasteiger partial charge in [0.1, 0.15) is 5.82 Å². The van der Waals surface area contributed by atoms with Gasteiger partial charge in [-0.25, -0.2) is 24.3 Å². The molecule has 6 nitrogen and oxygen atoms in total. The van der Waals surface area contributed by atoms with Crippen molar-refractivity contribution >= 4 is 32.8 Å². The third-order valence-corrected chi connectivity index (χ3v) is 8.58. The molecule has 0 aliphatic heterocycles. The summed E-state index contributed by atoms with van der Waals surface area (Å²) in [6.45, 7) is 0. The average molecular weight is 609 g/mol. The lowest BCUT2D eigenvalue weighted by molar-refractivity contribution is 0.631. The third kappa shape index (κ3) is 4.48. The van der Waals surface area contributed by atoms with Gasteiger partial charge in [-0.05, 0) is 24.3 Å². The van der Waals surface area contributed by atoms with Crippen molar-refractivity contribution in [3.8, 4) is 51.0 Å². The monoisotopic (exact) mass is 608 g/mol. The molecular weight excluding hydrogens is 583 g/mol. The predicted molar refractivity (Wildman–Crippen MR) is 186 cm³/mol. The normalized spacial score (nSPS) is 11.5. The fraction of sp³-hybridized carbons (Fsp3) is 0. The number of rotatable bonds is 5. The maximum Gasteiger partial charge on any atom is 0.164 e. The quantitative estimate of drug-likeness (QED) is 0.211. The van der Waals surface area contributed by atoms with E-state index in [0.717, 1.165) is 60.8 Å². The molecule has 3 heterocycles. The van der Waals surface area contributed by atoms with Crippen LogP contribution in [0.3, 0.4) is 0 Å². The van der Waals surface area contributed by atoms with E-state index in [2.05, 4.69) is 44.9 Å². The number of fused-ring (bicyclic) bond motifs is 4. The van der Waals surface area contributed by atoms with Crippen molar-refractivity contribution in [3.63, 3.8) is 0 Å². The smallest absolute Gasteiger partial charge is 0.164 e. The Morgan fingerprint density at radius 3 is 1.89 bits per heavy atom. The van der Waals surface area contributed by atoms with E-state index in [1.54, 1.807) is 12.4 Å². The molecule has 1 N–H and O–H groups in total. The molecule has 0 aliphatic rings. The largest absolute Gasteiger partial charge is 0.343 e. The zero-order valence-corrected chi connectivity index (χ0v) is 25.0. The van der Waals surface area contributed by atoms with Gasteiger partial charge in [0.15, 0.2) is 17.5 Å². The topological polar surface area (TPSA) is 72.3 Å². The molecule has 222 valence electrons. The number of halogens is 1. The van der Waals surface area contributed by atoms with Crippen molar-refractivity contribution in [2.45, 2.75) is 0 Å². The van der Waals surface area contributed by atoms with E-state index in [0.29, 0.717) is 23.0 Å². The zero-order valence-electron chi connectivity index (χ0n) is 25.0. The molecule has 0 fully saturated rings. The number of nitrogens with one attached hydrogen (secondary N) is 1. The van der Waals surface area contributed by atoms with E-state index in [9.17, 15) is 0 Å². The first kappa shape index (κ1) is 26.9. The van der Waals surface area contributed by atoms with Crippen molar-refractivity contribution < 1.29 is 4.39 Å². The summed E-state index contributed by atoms with van der Waals surface area (Å²) in [5.41, 5.74) is 8.46. The van der Waals surface area contributed by atoms with Gasteiger partial charge in [-0.15, -0.1) is 0 Å². The van der Waals surface area contributed by atoms with Crippen LogP contribution < -0.4 is 0 Å². The Morgan fingerprint density at radius 2 is 1.17 bits per heavy atom. The molecule has 0 atom stereocenters. The third-order valence-electron chi connectivity index (χ3n) is 8.58. The van der Waals surface area contributed by atoms with Crippen LogP contribution in [-0.2, 0) is 0 Å². The van der Waals surface area contributed by atoms with E-state index < -0.39 is 0 Å². The average Bonchev–Trinajstić information content (AvgIpc) is 3.75. The summed E-state index contributed by atoms with van der Waals surface area (Å²) in [6.07, 6.45) is 1.70. The Morgan fingerprint density at radius 1 is 0.532 bits per heavy atom. The van der Waals surface area contributed by atoms with Crippen LogP contribution in [-0.4, -0.2) is 29.5 Å². The fourth-order valence-corrected chi connectivity index (χ4v) is 6.43. The summed E-state index contributed by atoms with van der Waals surface area (Å²) in [5.74, 6) is 1.48. The summed E-state index contributed by atoms with van der Waals surface area (Å²) in [5, 5.41) is 2.04. The number of hydrogen-bond acceptors (Lipinski definition) is 4. The number of imidazole rings is 1. The highest BCUT2D eigenvalue weighted by atomic mass is 19.1. The van der Waals surface area contributed by atoms with Crippen LogP contribution in [0.25, 0.3) is 83.8 Å². The van der Waals surface area contributed by atoms with Crippen molar-refractivity contribution in [2.24, 2.45) is 0 Å². The molecule has 0 unspecified atom stereocenters. The number of nitrogens with zero attached hydrogens (tertiary/aromatic N) is 5. The van der Waals surface area contributed by atoms with Gasteiger partial charge in [0.05, 0.1) is 34.1 Å². The zero-order chi connectivity index (χ0) is 31.3. The molecule has 0 spiro atoms. The molecule has 0 aliphatic carbocycles. The number of benzene rings is 6. The highest BCUT2D eigenvalue weighted by Crippen LogP contribution is 2.41. The lowest BCUT2D eigenvalue weighted by Gasteiger charge is -2.13. The van der Waals surface area contributed by atoms with E-state index in [4.69, 9.17) is 15.0 Å². The molecule has 0 amide bonds. The van der Waals surface area contributed by atoms with Crippen LogP contribution in [0.15, 0.2) is 146 Å². The van der Waals surface area contributed by atoms with Gasteiger partial charge >= 0.3 is 0 Å². The first-order valence-electron chi connectivity index (χ1n) is 15.3. The lowest BCUT2D eigenvalue weighted by Crippen LogP contribution is -2.01. The van der Waals surface area contributed by atoms with Gasteiger partial charge < -0.3 is 9.55 Å². The number of aromatic amines is 1. The molecule has 0 saturated carbocycles. The molecule has 7 heteroatoms. The van der Waals surface area contributed by atoms with Crippen molar-refractivity contribution in [1.82, 2.24) is 29.5 Å². The van der Waals surface area contributed by atoms with Gasteiger partial charge in [-0.1, -0.05) is 115 Å². The van der Waals surface area contributed by atoms with Crippen molar-refractivity contribution in [3.05, 3.63) is 152 Å². The van der Waals surface area contributed by atoms with Gasteiger partial charge in [0.25, 0.3) is 0 Å². The SMILES string of the molecule is Fc1ccccc1-c1cccc2c3ccc(-c4nc(-c5ccccc5)nc(-c5ccccc5)n4)cc3n(-c3cccc4nc[nH]c34)c12. The van der Waals surface area contributed by atoms with Crippen molar-refractivity contribution in [2.75, 3.05) is 0 Å². The van der Waals surface area contributed by atoms with Gasteiger partial charge in [-0.3, -0.25) is 0 Å². The van der Waals surface area contributed by atoms with Crippen LogP contribution >= 0.6 is 0 Å². The van der Waals surface area contributed by atoms with E-state index in [-0.39, 0.29) is 5.82 Å². The molecule has 0 saturated heterocycles. The minimum atomic E-state index is -0.274. The standard InChI is InChI=1S/C40H25FN6/c41-32-18-8-7-15-28(32)30-16-9-17-31-29-22-21-27(23-35(29)47(37(30)31)34-20-10-19-33-36(34)43-24-42-33)40-45-38(25-11-3-1-4-12-25)44-39(46-40)26-13-5-2-6-14-26/h1-24H,(H,42,43). The Kier molecular flexibility index (Phi) is 6.21. The minimum Gasteiger partial charge on any atom is -0.343 e. The molecule has 9 aromatic rings. The Hall–Kier alpha value is -6.47. The second-order valence-corrected chi connectivity index (χ2v) is 11.4. The first-order valence-corrected chi connectivity index (χ1v) is 15.3. The Labute approximate surface area is 268 Å². The summed E-state index contributed by atoms with van der Waals surface area (Å²) >= 11 is 0. The number of hydrogen-bond donors (Lipinski definition) is 1. The minimum absolute atomic E-state index is 0.274. The molecular formula is C40H25FN6. The summed E-state index contributed by atoms with van der Waals surface area (Å²) in [6, 6.07) is 45.2. The van der Waals surface area contributed by atoms with Gasteiger partial charge in [0, 0.05) is 38.6 Å². The van der Waals surface area contributed by atoms with Crippen LogP contribution in [0.5, 0.6) is 0 Å². The van der Waals surface area contributed by atoms with E-state index >= 15 is 4.39 Å². The lowest BCUT2D eigenvalue weighted by atomic mass is 10.0. The van der Waals surface area contributed by atoms with Crippen LogP contribution in [0.4, 0.5) is 4.39 Å². The number of aromatic nitrogens is 6. The molecule has 47 heavy (non-hydrogen) atoms. The summed E-state index contributed by atoms with van der Waals surface area (Å²) < 4.78 is 17.6. The highest BCUT2D eigenvalue weighted by molar-refractivity contribution is 6.15. The van der Waals surface area contributed by atoms with E-state index in [1.807, 2.05) is 97.1 Å². The number of H-pyrrole nitrogens is 1. The van der Waals surface area contributed by atoms with Crippen molar-refractivity contribution in [1.29, 1.82) is 0 Å². The Bertz CT molecular complexity index is 2530. The highest BCUT2D eigenvalue weighted by Gasteiger charge is 2.21. The maximum atomic E-state index is 15.4. The molecule has 6 aromatic carbocycles. The van der Waals surface area contributed by atoms with Crippen LogP contribution in [0.2, 0.25) is 0 Å².